The van der Waals surface area contributed by atoms with Gasteiger partial charge in [0.15, 0.2) is 0 Å². The van der Waals surface area contributed by atoms with Crippen LogP contribution in [-0.4, -0.2) is 24.9 Å². The fraction of sp³-hybridized carbons (Fsp3) is 0.292. The zero-order valence-electron chi connectivity index (χ0n) is 16.7. The van der Waals surface area contributed by atoms with Crippen molar-refractivity contribution in [2.75, 3.05) is 22.9 Å². The second kappa shape index (κ2) is 6.89. The fourth-order valence-electron chi connectivity index (χ4n) is 4.31. The van der Waals surface area contributed by atoms with Gasteiger partial charge >= 0.3 is 0 Å². The van der Waals surface area contributed by atoms with E-state index in [1.807, 2.05) is 23.1 Å². The number of hydrogen-bond donors (Lipinski definition) is 0. The molecular formula is C24H23N3O2. The Kier molecular flexibility index (Phi) is 4.50. The van der Waals surface area contributed by atoms with Crippen LogP contribution in [0.1, 0.15) is 37.0 Å². The van der Waals surface area contributed by atoms with E-state index in [4.69, 9.17) is 5.26 Å². The highest BCUT2D eigenvalue weighted by Crippen LogP contribution is 2.42. The van der Waals surface area contributed by atoms with Gasteiger partial charge < -0.3 is 9.80 Å². The summed E-state index contributed by atoms with van der Waals surface area (Å²) in [4.78, 5) is 29.4. The molecule has 29 heavy (non-hydrogen) atoms. The monoisotopic (exact) mass is 385 g/mol. The van der Waals surface area contributed by atoms with Crippen LogP contribution in [0.2, 0.25) is 0 Å². The van der Waals surface area contributed by atoms with Crippen molar-refractivity contribution in [2.45, 2.75) is 25.7 Å². The standard InChI is InChI=1S/C24H23N3O2/c1-4-16-8-9-21-20(11-16)24(2,3)15-27(21)23(29)18-12-22(28)26(14-18)19-7-5-6-17(10-19)13-25/h4-11,18H,1,12,14-15H2,2-3H3. The van der Waals surface area contributed by atoms with E-state index in [1.165, 1.54) is 0 Å². The Hall–Kier alpha value is -3.39. The number of anilines is 2. The van der Waals surface area contributed by atoms with E-state index >= 15 is 0 Å². The molecule has 0 saturated carbocycles. The molecule has 1 atom stereocenters. The van der Waals surface area contributed by atoms with E-state index in [9.17, 15) is 9.59 Å². The number of carbonyl (C=O) groups excluding carboxylic acids is 2. The molecule has 0 spiro atoms. The summed E-state index contributed by atoms with van der Waals surface area (Å²) in [6.07, 6.45) is 2.00. The van der Waals surface area contributed by atoms with E-state index in [-0.39, 0.29) is 23.7 Å². The average molecular weight is 385 g/mol. The molecule has 146 valence electrons. The van der Waals surface area contributed by atoms with Gasteiger partial charge in [0, 0.05) is 36.3 Å². The van der Waals surface area contributed by atoms with E-state index in [0.717, 1.165) is 16.8 Å². The molecule has 5 heteroatoms. The third-order valence-corrected chi connectivity index (χ3v) is 5.86. The zero-order valence-corrected chi connectivity index (χ0v) is 16.7. The van der Waals surface area contributed by atoms with Crippen molar-refractivity contribution in [3.63, 3.8) is 0 Å². The largest absolute Gasteiger partial charge is 0.312 e. The molecule has 2 aromatic carbocycles. The number of hydrogen-bond acceptors (Lipinski definition) is 3. The van der Waals surface area contributed by atoms with E-state index in [1.54, 1.807) is 29.2 Å². The topological polar surface area (TPSA) is 64.4 Å². The van der Waals surface area contributed by atoms with Crippen LogP contribution < -0.4 is 9.80 Å². The van der Waals surface area contributed by atoms with Crippen LogP contribution >= 0.6 is 0 Å². The van der Waals surface area contributed by atoms with Gasteiger partial charge in [0.1, 0.15) is 0 Å². The number of rotatable bonds is 3. The van der Waals surface area contributed by atoms with Gasteiger partial charge in [-0.25, -0.2) is 0 Å². The minimum absolute atomic E-state index is 0.0181. The number of nitriles is 1. The highest BCUT2D eigenvalue weighted by molar-refractivity contribution is 6.05. The van der Waals surface area contributed by atoms with Crippen LogP contribution in [0.5, 0.6) is 0 Å². The van der Waals surface area contributed by atoms with Crippen molar-refractivity contribution in [3.8, 4) is 6.07 Å². The molecule has 2 heterocycles. The molecule has 0 N–H and O–H groups in total. The minimum atomic E-state index is -0.394. The molecule has 5 nitrogen and oxygen atoms in total. The van der Waals surface area contributed by atoms with Crippen molar-refractivity contribution in [3.05, 3.63) is 65.7 Å². The lowest BCUT2D eigenvalue weighted by Gasteiger charge is -2.23. The lowest BCUT2D eigenvalue weighted by Crippen LogP contribution is -2.39. The van der Waals surface area contributed by atoms with Gasteiger partial charge in [-0.15, -0.1) is 0 Å². The summed E-state index contributed by atoms with van der Waals surface area (Å²) in [6, 6.07) is 15.1. The molecule has 0 aromatic heterocycles. The second-order valence-electron chi connectivity index (χ2n) is 8.36. The molecular weight excluding hydrogens is 362 g/mol. The summed E-state index contributed by atoms with van der Waals surface area (Å²) in [5.41, 5.74) is 4.09. The smallest absolute Gasteiger partial charge is 0.232 e. The van der Waals surface area contributed by atoms with Gasteiger partial charge in [0.05, 0.1) is 17.6 Å². The van der Waals surface area contributed by atoms with Gasteiger partial charge in [-0.05, 0) is 41.5 Å². The molecule has 1 saturated heterocycles. The molecule has 2 aliphatic rings. The molecule has 0 bridgehead atoms. The number of benzene rings is 2. The summed E-state index contributed by atoms with van der Waals surface area (Å²) in [6.45, 7) is 9.03. The van der Waals surface area contributed by atoms with Gasteiger partial charge in [-0.1, -0.05) is 38.6 Å². The minimum Gasteiger partial charge on any atom is -0.312 e. The quantitative estimate of drug-likeness (QED) is 0.805. The number of nitrogens with zero attached hydrogens (tertiary/aromatic N) is 3. The summed E-state index contributed by atoms with van der Waals surface area (Å²) in [5, 5.41) is 9.11. The van der Waals surface area contributed by atoms with Crippen LogP contribution in [0, 0.1) is 17.2 Å². The Morgan fingerprint density at radius 2 is 2.07 bits per heavy atom. The lowest BCUT2D eigenvalue weighted by molar-refractivity contribution is -0.124. The summed E-state index contributed by atoms with van der Waals surface area (Å²) >= 11 is 0. The highest BCUT2D eigenvalue weighted by atomic mass is 16.2. The lowest BCUT2D eigenvalue weighted by atomic mass is 9.86. The SMILES string of the molecule is C=Cc1ccc2c(c1)C(C)(C)CN2C(=O)C1CC(=O)N(c2cccc(C#N)c2)C1. The Bertz CT molecular complexity index is 1060. The number of carbonyl (C=O) groups is 2. The molecule has 4 rings (SSSR count). The van der Waals surface area contributed by atoms with Crippen molar-refractivity contribution >= 4 is 29.3 Å². The number of fused-ring (bicyclic) bond motifs is 1. The van der Waals surface area contributed by atoms with Gasteiger partial charge in [0.2, 0.25) is 11.8 Å². The van der Waals surface area contributed by atoms with Crippen LogP contribution in [0.15, 0.2) is 49.0 Å². The third kappa shape index (κ3) is 3.21. The van der Waals surface area contributed by atoms with E-state index < -0.39 is 5.92 Å². The Morgan fingerprint density at radius 1 is 1.28 bits per heavy atom. The second-order valence-corrected chi connectivity index (χ2v) is 8.36. The summed E-state index contributed by atoms with van der Waals surface area (Å²) in [7, 11) is 0. The maximum absolute atomic E-state index is 13.4. The van der Waals surface area contributed by atoms with Crippen LogP contribution in [0.25, 0.3) is 6.08 Å². The summed E-state index contributed by atoms with van der Waals surface area (Å²) in [5.74, 6) is -0.497. The average Bonchev–Trinajstić information content (AvgIpc) is 3.24. The van der Waals surface area contributed by atoms with Crippen molar-refractivity contribution in [1.82, 2.24) is 0 Å². The van der Waals surface area contributed by atoms with E-state index in [0.29, 0.717) is 24.3 Å². The van der Waals surface area contributed by atoms with Gasteiger partial charge in [0.25, 0.3) is 0 Å². The Labute approximate surface area is 170 Å². The van der Waals surface area contributed by atoms with Crippen molar-refractivity contribution in [2.24, 2.45) is 5.92 Å². The maximum atomic E-state index is 13.4. The number of amides is 2. The normalized spacial score (nSPS) is 19.8. The fourth-order valence-corrected chi connectivity index (χ4v) is 4.31. The maximum Gasteiger partial charge on any atom is 0.232 e. The first-order chi connectivity index (χ1) is 13.8. The zero-order chi connectivity index (χ0) is 20.8. The van der Waals surface area contributed by atoms with Crippen molar-refractivity contribution in [1.29, 1.82) is 5.26 Å². The molecule has 0 radical (unpaired) electrons. The summed E-state index contributed by atoms with van der Waals surface area (Å²) < 4.78 is 0. The third-order valence-electron chi connectivity index (χ3n) is 5.86. The molecule has 1 unspecified atom stereocenters. The Morgan fingerprint density at radius 3 is 2.79 bits per heavy atom. The first-order valence-corrected chi connectivity index (χ1v) is 9.73. The predicted molar refractivity (Wildman–Crippen MR) is 114 cm³/mol. The van der Waals surface area contributed by atoms with Crippen LogP contribution in [-0.2, 0) is 15.0 Å². The molecule has 1 fully saturated rings. The Balaban J connectivity index is 1.59. The van der Waals surface area contributed by atoms with Crippen LogP contribution in [0.3, 0.4) is 0 Å². The van der Waals surface area contributed by atoms with Gasteiger partial charge in [-0.2, -0.15) is 5.26 Å². The predicted octanol–water partition coefficient (Wildman–Crippen LogP) is 3.88. The van der Waals surface area contributed by atoms with Gasteiger partial charge in [-0.3, -0.25) is 9.59 Å². The molecule has 2 amide bonds. The van der Waals surface area contributed by atoms with Crippen LogP contribution in [0.4, 0.5) is 11.4 Å². The molecule has 0 aliphatic carbocycles. The van der Waals surface area contributed by atoms with Crippen molar-refractivity contribution < 1.29 is 9.59 Å². The first-order valence-electron chi connectivity index (χ1n) is 9.73. The first kappa shape index (κ1) is 18.9. The molecule has 2 aliphatic heterocycles. The highest BCUT2D eigenvalue weighted by Gasteiger charge is 2.43. The molecule has 2 aromatic rings. The van der Waals surface area contributed by atoms with E-state index in [2.05, 4.69) is 32.6 Å².